The van der Waals surface area contributed by atoms with Crippen LogP contribution in [0.5, 0.6) is 0 Å². The zero-order valence-corrected chi connectivity index (χ0v) is 12.6. The summed E-state index contributed by atoms with van der Waals surface area (Å²) in [5.74, 6) is 0.530. The van der Waals surface area contributed by atoms with Crippen LogP contribution in [0.4, 0.5) is 0 Å². The van der Waals surface area contributed by atoms with Crippen molar-refractivity contribution in [3.63, 3.8) is 0 Å². The second-order valence-corrected chi connectivity index (χ2v) is 5.24. The number of furan rings is 1. The van der Waals surface area contributed by atoms with E-state index in [2.05, 4.69) is 5.32 Å². The topological polar surface area (TPSA) is 79.5 Å². The minimum Gasteiger partial charge on any atom is -0.478 e. The van der Waals surface area contributed by atoms with Gasteiger partial charge in [0.2, 0.25) is 5.91 Å². The minimum atomic E-state index is -0.952. The van der Waals surface area contributed by atoms with Gasteiger partial charge in [-0.25, -0.2) is 4.79 Å². The van der Waals surface area contributed by atoms with Gasteiger partial charge in [0.1, 0.15) is 11.5 Å². The van der Waals surface area contributed by atoms with Crippen molar-refractivity contribution in [1.29, 1.82) is 0 Å². The first-order chi connectivity index (χ1) is 10.5. The van der Waals surface area contributed by atoms with Gasteiger partial charge in [-0.1, -0.05) is 12.1 Å². The molecule has 1 amide bonds. The summed E-state index contributed by atoms with van der Waals surface area (Å²) in [5.41, 5.74) is 1.18. The fourth-order valence-corrected chi connectivity index (χ4v) is 2.14. The van der Waals surface area contributed by atoms with Crippen LogP contribution in [0.3, 0.4) is 0 Å². The zero-order chi connectivity index (χ0) is 16.1. The van der Waals surface area contributed by atoms with Gasteiger partial charge in [0.25, 0.3) is 0 Å². The van der Waals surface area contributed by atoms with E-state index in [0.717, 1.165) is 17.1 Å². The number of hydrogen-bond acceptors (Lipinski definition) is 3. The molecule has 1 heterocycles. The predicted molar refractivity (Wildman–Crippen MR) is 81.7 cm³/mol. The minimum absolute atomic E-state index is 0.0659. The average Bonchev–Trinajstić information content (AvgIpc) is 2.92. The van der Waals surface area contributed by atoms with E-state index in [1.165, 1.54) is 0 Å². The summed E-state index contributed by atoms with van der Waals surface area (Å²) >= 11 is 0. The molecular weight excluding hydrogens is 282 g/mol. The van der Waals surface area contributed by atoms with E-state index in [1.54, 1.807) is 24.3 Å². The fraction of sp³-hybridized carbons (Fsp3) is 0.294. The molecule has 2 aromatic rings. The Balaban J connectivity index is 1.83. The Morgan fingerprint density at radius 2 is 1.86 bits per heavy atom. The maximum Gasteiger partial charge on any atom is 0.335 e. The van der Waals surface area contributed by atoms with Crippen molar-refractivity contribution in [3.05, 3.63) is 59.0 Å². The summed E-state index contributed by atoms with van der Waals surface area (Å²) in [4.78, 5) is 22.7. The second-order valence-electron chi connectivity index (χ2n) is 5.24. The van der Waals surface area contributed by atoms with E-state index in [9.17, 15) is 9.59 Å². The van der Waals surface area contributed by atoms with E-state index < -0.39 is 5.97 Å². The van der Waals surface area contributed by atoms with E-state index in [4.69, 9.17) is 9.52 Å². The van der Waals surface area contributed by atoms with Gasteiger partial charge in [-0.3, -0.25) is 4.79 Å². The molecule has 0 saturated carbocycles. The molecule has 0 bridgehead atoms. The predicted octanol–water partition coefficient (Wildman–Crippen LogP) is 3.10. The second kappa shape index (κ2) is 6.93. The van der Waals surface area contributed by atoms with Gasteiger partial charge in [-0.15, -0.1) is 0 Å². The third-order valence-corrected chi connectivity index (χ3v) is 3.41. The molecule has 0 aliphatic rings. The Bertz CT molecular complexity index is 658. The number of aryl methyl sites for hydroxylation is 2. The van der Waals surface area contributed by atoms with Gasteiger partial charge < -0.3 is 14.8 Å². The molecule has 2 rings (SSSR count). The molecule has 0 saturated heterocycles. The highest BCUT2D eigenvalue weighted by Crippen LogP contribution is 2.16. The lowest BCUT2D eigenvalue weighted by molar-refractivity contribution is -0.121. The number of carbonyl (C=O) groups excluding carboxylic acids is 1. The first-order valence-corrected chi connectivity index (χ1v) is 7.13. The molecular formula is C17H19NO4. The molecule has 1 aromatic carbocycles. The maximum atomic E-state index is 11.9. The van der Waals surface area contributed by atoms with Crippen LogP contribution >= 0.6 is 0 Å². The van der Waals surface area contributed by atoms with Crippen LogP contribution in [0.25, 0.3) is 0 Å². The number of benzene rings is 1. The molecule has 1 unspecified atom stereocenters. The number of carboxylic acid groups (broad SMARTS) is 1. The SMILES string of the molecule is Cc1ccc(C(C)NC(=O)CCc2ccc(C(=O)O)cc2)o1. The van der Waals surface area contributed by atoms with Crippen LogP contribution in [0.1, 0.15) is 46.8 Å². The maximum absolute atomic E-state index is 11.9. The fourth-order valence-electron chi connectivity index (χ4n) is 2.14. The first-order valence-electron chi connectivity index (χ1n) is 7.13. The van der Waals surface area contributed by atoms with Crippen molar-refractivity contribution in [3.8, 4) is 0 Å². The highest BCUT2D eigenvalue weighted by molar-refractivity contribution is 5.87. The third-order valence-electron chi connectivity index (χ3n) is 3.41. The van der Waals surface area contributed by atoms with Gasteiger partial charge in [-0.05, 0) is 50.1 Å². The number of aromatic carboxylic acids is 1. The lowest BCUT2D eigenvalue weighted by Crippen LogP contribution is -2.26. The number of carbonyl (C=O) groups is 2. The van der Waals surface area contributed by atoms with Crippen LogP contribution in [0.15, 0.2) is 40.8 Å². The van der Waals surface area contributed by atoms with E-state index >= 15 is 0 Å². The molecule has 0 radical (unpaired) electrons. The Hall–Kier alpha value is -2.56. The number of amides is 1. The van der Waals surface area contributed by atoms with Gasteiger partial charge in [-0.2, -0.15) is 0 Å². The van der Waals surface area contributed by atoms with E-state index in [1.807, 2.05) is 26.0 Å². The van der Waals surface area contributed by atoms with Crippen molar-refractivity contribution in [2.45, 2.75) is 32.7 Å². The number of nitrogens with one attached hydrogen (secondary N) is 1. The summed E-state index contributed by atoms with van der Waals surface area (Å²) in [6, 6.07) is 10.1. The van der Waals surface area contributed by atoms with Gasteiger partial charge in [0.05, 0.1) is 11.6 Å². The van der Waals surface area contributed by atoms with E-state index in [0.29, 0.717) is 12.8 Å². The van der Waals surface area contributed by atoms with Crippen LogP contribution < -0.4 is 5.32 Å². The van der Waals surface area contributed by atoms with Crippen LogP contribution in [-0.4, -0.2) is 17.0 Å². The van der Waals surface area contributed by atoms with Crippen LogP contribution in [-0.2, 0) is 11.2 Å². The summed E-state index contributed by atoms with van der Waals surface area (Å²) in [7, 11) is 0. The monoisotopic (exact) mass is 301 g/mol. The Kier molecular flexibility index (Phi) is 4.99. The first kappa shape index (κ1) is 15.8. The highest BCUT2D eigenvalue weighted by atomic mass is 16.4. The molecule has 116 valence electrons. The summed E-state index contributed by atoms with van der Waals surface area (Å²) in [6.07, 6.45) is 0.909. The van der Waals surface area contributed by atoms with E-state index in [-0.39, 0.29) is 17.5 Å². The molecule has 1 aromatic heterocycles. The lowest BCUT2D eigenvalue weighted by atomic mass is 10.1. The highest BCUT2D eigenvalue weighted by Gasteiger charge is 2.12. The van der Waals surface area contributed by atoms with Gasteiger partial charge in [0.15, 0.2) is 0 Å². The third kappa shape index (κ3) is 4.22. The van der Waals surface area contributed by atoms with Crippen molar-refractivity contribution in [2.75, 3.05) is 0 Å². The Labute approximate surface area is 129 Å². The summed E-state index contributed by atoms with van der Waals surface area (Å²) < 4.78 is 5.47. The number of rotatable bonds is 6. The summed E-state index contributed by atoms with van der Waals surface area (Å²) in [6.45, 7) is 3.73. The molecule has 0 aliphatic heterocycles. The van der Waals surface area contributed by atoms with Crippen LogP contribution in [0.2, 0.25) is 0 Å². The van der Waals surface area contributed by atoms with Crippen molar-refractivity contribution < 1.29 is 19.1 Å². The Morgan fingerprint density at radius 1 is 1.18 bits per heavy atom. The largest absolute Gasteiger partial charge is 0.478 e. The summed E-state index contributed by atoms with van der Waals surface area (Å²) in [5, 5.41) is 11.7. The zero-order valence-electron chi connectivity index (χ0n) is 12.6. The number of carboxylic acids is 1. The molecule has 0 fully saturated rings. The van der Waals surface area contributed by atoms with Crippen LogP contribution in [0, 0.1) is 6.92 Å². The smallest absolute Gasteiger partial charge is 0.335 e. The normalized spacial score (nSPS) is 11.9. The standard InChI is InChI=1S/C17H19NO4/c1-11-3-9-15(22-11)12(2)18-16(19)10-6-13-4-7-14(8-5-13)17(20)21/h3-5,7-9,12H,6,10H2,1-2H3,(H,18,19)(H,20,21). The van der Waals surface area contributed by atoms with Gasteiger partial charge in [0, 0.05) is 6.42 Å². The average molecular weight is 301 g/mol. The van der Waals surface area contributed by atoms with Crippen molar-refractivity contribution >= 4 is 11.9 Å². The molecule has 0 aliphatic carbocycles. The molecule has 1 atom stereocenters. The molecule has 5 heteroatoms. The Morgan fingerprint density at radius 3 is 2.41 bits per heavy atom. The molecule has 2 N–H and O–H groups in total. The molecule has 22 heavy (non-hydrogen) atoms. The van der Waals surface area contributed by atoms with Crippen molar-refractivity contribution in [2.24, 2.45) is 0 Å². The molecule has 0 spiro atoms. The quantitative estimate of drug-likeness (QED) is 0.859. The lowest BCUT2D eigenvalue weighted by Gasteiger charge is -2.11. The van der Waals surface area contributed by atoms with Gasteiger partial charge >= 0.3 is 5.97 Å². The molecule has 5 nitrogen and oxygen atoms in total. The number of hydrogen-bond donors (Lipinski definition) is 2. The van der Waals surface area contributed by atoms with Crippen molar-refractivity contribution in [1.82, 2.24) is 5.32 Å².